The molecule has 4 rings (SSSR count). The maximum absolute atomic E-state index is 12.8. The summed E-state index contributed by atoms with van der Waals surface area (Å²) in [5, 5.41) is 11.6. The monoisotopic (exact) mass is 792 g/mol. The summed E-state index contributed by atoms with van der Waals surface area (Å²) in [5.41, 5.74) is -0.135. The third kappa shape index (κ3) is 12.8. The van der Waals surface area contributed by atoms with E-state index in [2.05, 4.69) is 21.3 Å². The third-order valence-electron chi connectivity index (χ3n) is 9.21. The molecule has 0 aromatic heterocycles. The summed E-state index contributed by atoms with van der Waals surface area (Å²) in [5.74, 6) is -4.03. The fourth-order valence-electron chi connectivity index (χ4n) is 6.13. The number of nitrogens with zero attached hydrogens (tertiary/aromatic N) is 2. The van der Waals surface area contributed by atoms with E-state index >= 15 is 0 Å². The summed E-state index contributed by atoms with van der Waals surface area (Å²) in [6.45, 7) is 3.15. The zero-order valence-electron chi connectivity index (χ0n) is 31.8. The smallest absolute Gasteiger partial charge is 0.363 e. The van der Waals surface area contributed by atoms with E-state index < -0.39 is 41.0 Å². The van der Waals surface area contributed by atoms with Crippen LogP contribution in [0.1, 0.15) is 86.2 Å². The topological polar surface area (TPSA) is 236 Å². The molecule has 18 heteroatoms. The van der Waals surface area contributed by atoms with Crippen LogP contribution in [-0.2, 0) is 59.8 Å². The maximum atomic E-state index is 12.8. The molecule has 2 aromatic rings. The molecular formula is C39H48N6O12. The van der Waals surface area contributed by atoms with E-state index in [0.717, 1.165) is 5.56 Å². The van der Waals surface area contributed by atoms with E-state index in [0.29, 0.717) is 49.4 Å². The molecule has 0 aliphatic carbocycles. The quantitative estimate of drug-likeness (QED) is 0.0543. The van der Waals surface area contributed by atoms with Gasteiger partial charge in [0.05, 0.1) is 25.4 Å². The van der Waals surface area contributed by atoms with Gasteiger partial charge in [-0.1, -0.05) is 42.5 Å². The number of amides is 9. The lowest BCUT2D eigenvalue weighted by atomic mass is 9.73. The van der Waals surface area contributed by atoms with E-state index in [-0.39, 0.29) is 88.2 Å². The first-order valence-electron chi connectivity index (χ1n) is 18.9. The van der Waals surface area contributed by atoms with E-state index in [1.807, 2.05) is 0 Å². The van der Waals surface area contributed by atoms with Gasteiger partial charge in [-0.2, -0.15) is 0 Å². The molecule has 2 fully saturated rings. The molecule has 2 saturated heterocycles. The summed E-state index contributed by atoms with van der Waals surface area (Å²) in [4.78, 5) is 121. The van der Waals surface area contributed by atoms with Crippen LogP contribution in [0.4, 0.5) is 4.79 Å². The Kier molecular flexibility index (Phi) is 16.8. The van der Waals surface area contributed by atoms with Gasteiger partial charge in [-0.25, -0.2) is 14.7 Å². The van der Waals surface area contributed by atoms with Gasteiger partial charge in [0.25, 0.3) is 11.8 Å². The van der Waals surface area contributed by atoms with Crippen LogP contribution in [0.15, 0.2) is 54.6 Å². The second-order valence-corrected chi connectivity index (χ2v) is 13.2. The summed E-state index contributed by atoms with van der Waals surface area (Å²) in [6, 6.07) is 13.9. The Morgan fingerprint density at radius 3 is 2.02 bits per heavy atom. The zero-order chi connectivity index (χ0) is 41.2. The largest absolute Gasteiger partial charge is 0.377 e. The number of imide groups is 3. The standard InChI is InChI=1S/C39H48N6O12/c1-2-44(32(48)18-15-27-13-16-28(17-14-27)35(51)57-45-33(49)19-20-34(45)50)56-26-25-55-24-23-41-31(47)12-8-11-30(46)40-22-7-6-21-39(29-9-4-3-5-10-29)36(52)42-38(54)43-37(39)53/h3-5,9-10,13-14,16-17H,2,6-8,11-12,15,18-26H2,1H3,(H,40,46)(H,41,47)(H2,42,43,52,53,54). The van der Waals surface area contributed by atoms with Gasteiger partial charge in [0.2, 0.25) is 29.5 Å². The van der Waals surface area contributed by atoms with E-state index in [4.69, 9.17) is 14.4 Å². The highest BCUT2D eigenvalue weighted by molar-refractivity contribution is 6.22. The minimum Gasteiger partial charge on any atom is -0.377 e. The number of carbonyl (C=O) groups excluding carboxylic acids is 9. The number of benzene rings is 2. The van der Waals surface area contributed by atoms with Gasteiger partial charge in [0.1, 0.15) is 0 Å². The van der Waals surface area contributed by atoms with E-state index in [9.17, 15) is 43.2 Å². The van der Waals surface area contributed by atoms with Crippen LogP contribution in [0, 0.1) is 0 Å². The number of urea groups is 1. The zero-order valence-corrected chi connectivity index (χ0v) is 31.8. The van der Waals surface area contributed by atoms with Crippen molar-refractivity contribution in [2.75, 3.05) is 39.5 Å². The van der Waals surface area contributed by atoms with Gasteiger partial charge in [0, 0.05) is 51.7 Å². The number of carbonyl (C=O) groups is 9. The summed E-state index contributed by atoms with van der Waals surface area (Å²) in [6.07, 6.45) is 2.21. The lowest BCUT2D eigenvalue weighted by Gasteiger charge is -2.34. The molecule has 0 bridgehead atoms. The predicted octanol–water partition coefficient (Wildman–Crippen LogP) is 1.51. The Morgan fingerprint density at radius 2 is 1.39 bits per heavy atom. The van der Waals surface area contributed by atoms with Crippen molar-refractivity contribution in [2.45, 2.75) is 76.5 Å². The van der Waals surface area contributed by atoms with Crippen LogP contribution < -0.4 is 21.3 Å². The first kappa shape index (κ1) is 43.7. The van der Waals surface area contributed by atoms with Gasteiger partial charge in [-0.15, -0.1) is 5.06 Å². The Labute approximate surface area is 329 Å². The van der Waals surface area contributed by atoms with E-state index in [1.54, 1.807) is 49.4 Å². The first-order valence-corrected chi connectivity index (χ1v) is 18.9. The number of nitrogens with one attached hydrogen (secondary N) is 4. The van der Waals surface area contributed by atoms with Gasteiger partial charge in [-0.3, -0.25) is 49.0 Å². The normalized spacial score (nSPS) is 14.8. The number of aryl methyl sites for hydroxylation is 1. The molecule has 4 N–H and O–H groups in total. The lowest BCUT2D eigenvalue weighted by molar-refractivity contribution is -0.189. The molecule has 2 heterocycles. The molecule has 0 radical (unpaired) electrons. The summed E-state index contributed by atoms with van der Waals surface area (Å²) < 4.78 is 5.49. The number of hydrogen-bond acceptors (Lipinski definition) is 12. The van der Waals surface area contributed by atoms with Gasteiger partial charge in [0.15, 0.2) is 5.41 Å². The van der Waals surface area contributed by atoms with Crippen molar-refractivity contribution >= 4 is 53.4 Å². The summed E-state index contributed by atoms with van der Waals surface area (Å²) >= 11 is 0. The average molecular weight is 793 g/mol. The first-order chi connectivity index (χ1) is 27.4. The lowest BCUT2D eigenvalue weighted by Crippen LogP contribution is -2.64. The molecule has 18 nitrogen and oxygen atoms in total. The van der Waals surface area contributed by atoms with Crippen molar-refractivity contribution in [3.8, 4) is 0 Å². The highest BCUT2D eigenvalue weighted by atomic mass is 16.7. The number of hydrogen-bond donors (Lipinski definition) is 4. The van der Waals surface area contributed by atoms with Crippen molar-refractivity contribution in [2.24, 2.45) is 0 Å². The number of unbranched alkanes of at least 4 members (excludes halogenated alkanes) is 1. The fraction of sp³-hybridized carbons (Fsp3) is 0.462. The molecule has 0 unspecified atom stereocenters. The molecule has 2 aliphatic rings. The van der Waals surface area contributed by atoms with Crippen LogP contribution in [0.3, 0.4) is 0 Å². The van der Waals surface area contributed by atoms with Crippen LogP contribution in [0.5, 0.6) is 0 Å². The highest BCUT2D eigenvalue weighted by Crippen LogP contribution is 2.32. The number of hydroxylamine groups is 4. The average Bonchev–Trinajstić information content (AvgIpc) is 3.51. The van der Waals surface area contributed by atoms with Crippen molar-refractivity contribution in [3.63, 3.8) is 0 Å². The van der Waals surface area contributed by atoms with Gasteiger partial charge < -0.3 is 20.2 Å². The Morgan fingerprint density at radius 1 is 0.754 bits per heavy atom. The molecule has 2 aliphatic heterocycles. The molecule has 0 saturated carbocycles. The van der Waals surface area contributed by atoms with Crippen molar-refractivity contribution in [3.05, 3.63) is 71.3 Å². The maximum Gasteiger partial charge on any atom is 0.363 e. The molecular weight excluding hydrogens is 744 g/mol. The van der Waals surface area contributed by atoms with Crippen LogP contribution in [0.25, 0.3) is 0 Å². The van der Waals surface area contributed by atoms with Gasteiger partial charge in [-0.05, 0) is 62.3 Å². The second kappa shape index (κ2) is 21.9. The van der Waals surface area contributed by atoms with Crippen LogP contribution in [-0.4, -0.2) is 103 Å². The number of ether oxygens (including phenoxy) is 1. The minimum atomic E-state index is -1.55. The molecule has 57 heavy (non-hydrogen) atoms. The SMILES string of the molecule is CCN(OCCOCCNC(=O)CCCC(=O)NCCCCC1(c2ccccc2)C(=O)NC(=O)NC1=O)C(=O)CCc1ccc(C(=O)ON2C(=O)CCC2=O)cc1. The molecule has 0 atom stereocenters. The van der Waals surface area contributed by atoms with Crippen molar-refractivity contribution in [1.29, 1.82) is 0 Å². The predicted molar refractivity (Wildman–Crippen MR) is 199 cm³/mol. The third-order valence-corrected chi connectivity index (χ3v) is 9.21. The molecule has 306 valence electrons. The van der Waals surface area contributed by atoms with Gasteiger partial charge >= 0.3 is 12.0 Å². The number of barbiturate groups is 1. The van der Waals surface area contributed by atoms with Crippen LogP contribution >= 0.6 is 0 Å². The Bertz CT molecular complexity index is 1750. The molecule has 2 aromatic carbocycles. The van der Waals surface area contributed by atoms with Crippen molar-refractivity contribution in [1.82, 2.24) is 31.4 Å². The molecule has 0 spiro atoms. The molecule has 9 amide bonds. The highest BCUT2D eigenvalue weighted by Gasteiger charge is 2.51. The van der Waals surface area contributed by atoms with Crippen molar-refractivity contribution < 1.29 is 57.6 Å². The number of rotatable bonds is 23. The Balaban J connectivity index is 1.00. The van der Waals surface area contributed by atoms with Crippen LogP contribution in [0.2, 0.25) is 0 Å². The fourth-order valence-corrected chi connectivity index (χ4v) is 6.13. The Hall–Kier alpha value is -6.01. The minimum absolute atomic E-state index is 0.00311. The second-order valence-electron chi connectivity index (χ2n) is 13.2. The summed E-state index contributed by atoms with van der Waals surface area (Å²) in [7, 11) is 0. The van der Waals surface area contributed by atoms with E-state index in [1.165, 1.54) is 17.2 Å².